The number of benzene rings is 1. The first kappa shape index (κ1) is 18.1. The molecule has 1 fully saturated rings. The van der Waals surface area contributed by atoms with Gasteiger partial charge in [0.15, 0.2) is 6.23 Å². The number of hydrogen-bond acceptors (Lipinski definition) is 7. The van der Waals surface area contributed by atoms with Crippen LogP contribution in [0.1, 0.15) is 13.8 Å². The Morgan fingerprint density at radius 2 is 1.75 bits per heavy atom. The normalized spacial score (nSPS) is 26.0. The maximum atomic E-state index is 11.3. The van der Waals surface area contributed by atoms with Crippen molar-refractivity contribution in [1.29, 1.82) is 0 Å². The number of aliphatic hydroxyl groups is 3. The van der Waals surface area contributed by atoms with Gasteiger partial charge in [-0.25, -0.2) is 0 Å². The van der Waals surface area contributed by atoms with Crippen molar-refractivity contribution in [2.45, 2.75) is 38.4 Å². The van der Waals surface area contributed by atoms with Crippen molar-refractivity contribution in [1.82, 2.24) is 0 Å². The fraction of sp³-hybridized carbons (Fsp3) is 0.467. The molecule has 0 spiro atoms. The van der Waals surface area contributed by atoms with Crippen LogP contribution in [0.25, 0.3) is 0 Å². The van der Waals surface area contributed by atoms with E-state index in [1.807, 2.05) is 0 Å². The van der Waals surface area contributed by atoms with E-state index in [2.05, 4.69) is 16.0 Å². The zero-order valence-electron chi connectivity index (χ0n) is 13.3. The van der Waals surface area contributed by atoms with Gasteiger partial charge in [0, 0.05) is 19.5 Å². The van der Waals surface area contributed by atoms with Crippen molar-refractivity contribution >= 4 is 28.9 Å². The van der Waals surface area contributed by atoms with Gasteiger partial charge in [0.05, 0.1) is 18.0 Å². The Balaban J connectivity index is 2.25. The van der Waals surface area contributed by atoms with Crippen LogP contribution < -0.4 is 16.0 Å². The molecule has 2 amide bonds. The minimum atomic E-state index is -1.27. The SMILES string of the molecule is CC(=O)Nc1ccc(NC(C)=O)c(N[C@@H]2O[C@H](CO)[C@@H](O)[C@H]2O)c1. The molecule has 0 aliphatic carbocycles. The second kappa shape index (κ2) is 7.58. The van der Waals surface area contributed by atoms with Crippen LogP contribution in [0.2, 0.25) is 0 Å². The third-order valence-electron chi connectivity index (χ3n) is 3.49. The van der Waals surface area contributed by atoms with Gasteiger partial charge in [0.2, 0.25) is 11.8 Å². The number of aliphatic hydroxyl groups excluding tert-OH is 3. The van der Waals surface area contributed by atoms with Crippen LogP contribution in [-0.4, -0.2) is 58.3 Å². The van der Waals surface area contributed by atoms with Gasteiger partial charge in [-0.1, -0.05) is 0 Å². The van der Waals surface area contributed by atoms with Gasteiger partial charge < -0.3 is 36.0 Å². The van der Waals surface area contributed by atoms with Crippen LogP contribution in [0, 0.1) is 0 Å². The molecule has 6 N–H and O–H groups in total. The van der Waals surface area contributed by atoms with Crippen molar-refractivity contribution < 1.29 is 29.6 Å². The standard InChI is InChI=1S/C15H21N3O6/c1-7(20)16-9-3-4-10(17-8(2)21)11(5-9)18-15-14(23)13(22)12(6-19)24-15/h3-5,12-15,18-19,22-23H,6H2,1-2H3,(H,16,20)(H,17,21)/t12-,13-,14-,15-/m1/s1. The molecule has 132 valence electrons. The highest BCUT2D eigenvalue weighted by Crippen LogP contribution is 2.30. The number of anilines is 3. The second-order valence-electron chi connectivity index (χ2n) is 5.53. The molecule has 0 bridgehead atoms. The van der Waals surface area contributed by atoms with E-state index in [1.54, 1.807) is 18.2 Å². The minimum Gasteiger partial charge on any atom is -0.394 e. The second-order valence-corrected chi connectivity index (χ2v) is 5.53. The fourth-order valence-corrected chi connectivity index (χ4v) is 2.42. The van der Waals surface area contributed by atoms with Gasteiger partial charge in [-0.05, 0) is 18.2 Å². The van der Waals surface area contributed by atoms with Crippen LogP contribution in [-0.2, 0) is 14.3 Å². The molecule has 0 saturated carbocycles. The van der Waals surface area contributed by atoms with E-state index in [4.69, 9.17) is 9.84 Å². The quantitative estimate of drug-likeness (QED) is 0.423. The highest BCUT2D eigenvalue weighted by Gasteiger charge is 2.42. The number of carbonyl (C=O) groups is 2. The molecule has 0 aromatic heterocycles. The van der Waals surface area contributed by atoms with Gasteiger partial charge in [-0.15, -0.1) is 0 Å². The lowest BCUT2D eigenvalue weighted by Crippen LogP contribution is -2.36. The molecule has 1 saturated heterocycles. The largest absolute Gasteiger partial charge is 0.394 e. The number of ether oxygens (including phenoxy) is 1. The Labute approximate surface area is 138 Å². The van der Waals surface area contributed by atoms with E-state index >= 15 is 0 Å². The third kappa shape index (κ3) is 4.20. The molecule has 9 nitrogen and oxygen atoms in total. The minimum absolute atomic E-state index is 0.263. The summed E-state index contributed by atoms with van der Waals surface area (Å²) in [6, 6.07) is 4.74. The van der Waals surface area contributed by atoms with Gasteiger partial charge >= 0.3 is 0 Å². The average Bonchev–Trinajstić information content (AvgIpc) is 2.76. The topological polar surface area (TPSA) is 140 Å². The lowest BCUT2D eigenvalue weighted by molar-refractivity contribution is -0.115. The molecule has 2 rings (SSSR count). The highest BCUT2D eigenvalue weighted by molar-refractivity contribution is 5.95. The molecule has 24 heavy (non-hydrogen) atoms. The fourth-order valence-electron chi connectivity index (χ4n) is 2.42. The molecule has 1 aliphatic heterocycles. The summed E-state index contributed by atoms with van der Waals surface area (Å²) >= 11 is 0. The predicted octanol–water partition coefficient (Wildman–Crippen LogP) is -0.546. The third-order valence-corrected chi connectivity index (χ3v) is 3.49. The predicted molar refractivity (Wildman–Crippen MR) is 86.4 cm³/mol. The molecule has 0 unspecified atom stereocenters. The molecular weight excluding hydrogens is 318 g/mol. The maximum absolute atomic E-state index is 11.3. The lowest BCUT2D eigenvalue weighted by Gasteiger charge is -2.21. The Morgan fingerprint density at radius 3 is 2.29 bits per heavy atom. The van der Waals surface area contributed by atoms with Crippen molar-refractivity contribution in [3.63, 3.8) is 0 Å². The van der Waals surface area contributed by atoms with Gasteiger partial charge in [-0.3, -0.25) is 9.59 Å². The summed E-state index contributed by atoms with van der Waals surface area (Å²) in [6.07, 6.45) is -4.41. The van der Waals surface area contributed by atoms with Crippen molar-refractivity contribution in [2.75, 3.05) is 22.6 Å². The zero-order chi connectivity index (χ0) is 17.9. The average molecular weight is 339 g/mol. The number of amides is 2. The van der Waals surface area contributed by atoms with E-state index in [-0.39, 0.29) is 11.8 Å². The van der Waals surface area contributed by atoms with Crippen molar-refractivity contribution in [3.05, 3.63) is 18.2 Å². The van der Waals surface area contributed by atoms with E-state index < -0.39 is 31.1 Å². The molecule has 1 aromatic carbocycles. The Morgan fingerprint density at radius 1 is 1.08 bits per heavy atom. The summed E-state index contributed by atoms with van der Waals surface area (Å²) in [5, 5.41) is 37.0. The molecule has 9 heteroatoms. The number of rotatable bonds is 5. The zero-order valence-corrected chi connectivity index (χ0v) is 13.3. The molecular formula is C15H21N3O6. The Hall–Kier alpha value is -2.20. The molecule has 1 heterocycles. The van der Waals surface area contributed by atoms with Crippen LogP contribution >= 0.6 is 0 Å². The smallest absolute Gasteiger partial charge is 0.221 e. The number of hydrogen-bond donors (Lipinski definition) is 6. The van der Waals surface area contributed by atoms with Crippen LogP contribution in [0.4, 0.5) is 17.1 Å². The summed E-state index contributed by atoms with van der Waals surface area (Å²) in [5.74, 6) is -0.562. The van der Waals surface area contributed by atoms with Crippen LogP contribution in [0.3, 0.4) is 0 Å². The first-order valence-corrected chi connectivity index (χ1v) is 7.40. The van der Waals surface area contributed by atoms with Crippen LogP contribution in [0.5, 0.6) is 0 Å². The monoisotopic (exact) mass is 339 g/mol. The van der Waals surface area contributed by atoms with Gasteiger partial charge in [0.1, 0.15) is 18.3 Å². The number of carbonyl (C=O) groups excluding carboxylic acids is 2. The molecule has 1 aliphatic rings. The van der Waals surface area contributed by atoms with E-state index in [1.165, 1.54) is 13.8 Å². The molecule has 1 aromatic rings. The summed E-state index contributed by atoms with van der Waals surface area (Å²) < 4.78 is 5.36. The summed E-state index contributed by atoms with van der Waals surface area (Å²) in [4.78, 5) is 22.5. The first-order chi connectivity index (χ1) is 11.3. The summed E-state index contributed by atoms with van der Waals surface area (Å²) in [7, 11) is 0. The van der Waals surface area contributed by atoms with Gasteiger partial charge in [0.25, 0.3) is 0 Å². The number of nitrogens with one attached hydrogen (secondary N) is 3. The first-order valence-electron chi connectivity index (χ1n) is 7.40. The van der Waals surface area contributed by atoms with E-state index in [0.29, 0.717) is 17.1 Å². The van der Waals surface area contributed by atoms with Crippen LogP contribution in [0.15, 0.2) is 18.2 Å². The lowest BCUT2D eigenvalue weighted by atomic mass is 10.1. The van der Waals surface area contributed by atoms with Crippen molar-refractivity contribution in [3.8, 4) is 0 Å². The Kier molecular flexibility index (Phi) is 5.73. The highest BCUT2D eigenvalue weighted by atomic mass is 16.6. The van der Waals surface area contributed by atoms with E-state index in [0.717, 1.165) is 0 Å². The van der Waals surface area contributed by atoms with Gasteiger partial charge in [-0.2, -0.15) is 0 Å². The summed E-state index contributed by atoms with van der Waals surface area (Å²) in [5.41, 5.74) is 1.27. The van der Waals surface area contributed by atoms with E-state index in [9.17, 15) is 19.8 Å². The Bertz CT molecular complexity index is 623. The summed E-state index contributed by atoms with van der Waals surface area (Å²) in [6.45, 7) is 2.26. The van der Waals surface area contributed by atoms with Crippen molar-refractivity contribution in [2.24, 2.45) is 0 Å². The maximum Gasteiger partial charge on any atom is 0.221 e. The molecule has 0 radical (unpaired) electrons. The molecule has 4 atom stereocenters.